The quantitative estimate of drug-likeness (QED) is 0.219. The topological polar surface area (TPSA) is 151 Å². The van der Waals surface area contributed by atoms with Crippen LogP contribution in [0.25, 0.3) is 0 Å². The van der Waals surface area contributed by atoms with Gasteiger partial charge in [-0.15, -0.1) is 0 Å². The smallest absolute Gasteiger partial charge is 0.325 e. The molecule has 0 heterocycles. The minimum atomic E-state index is -1.20. The van der Waals surface area contributed by atoms with E-state index >= 15 is 0 Å². The number of hydrogen-bond donors (Lipinski definition) is 6. The van der Waals surface area contributed by atoms with Crippen molar-refractivity contribution in [3.63, 3.8) is 0 Å². The van der Waals surface area contributed by atoms with Gasteiger partial charge in [0.2, 0.25) is 17.7 Å². The molecule has 4 unspecified atom stereocenters. The molecule has 0 bridgehead atoms. The van der Waals surface area contributed by atoms with Crippen molar-refractivity contribution in [2.45, 2.75) is 43.9 Å². The fraction of sp³-hybridized carbons (Fsp3) is 0.500. The van der Waals surface area contributed by atoms with Gasteiger partial charge < -0.3 is 26.8 Å². The zero-order chi connectivity index (χ0) is 23.4. The third-order valence-electron chi connectivity index (χ3n) is 4.43. The summed E-state index contributed by atoms with van der Waals surface area (Å²) in [7, 11) is 0. The van der Waals surface area contributed by atoms with Gasteiger partial charge in [-0.25, -0.2) is 0 Å². The Hall–Kier alpha value is -2.24. The van der Waals surface area contributed by atoms with Crippen LogP contribution in [0.15, 0.2) is 30.3 Å². The molecule has 0 saturated carbocycles. The first-order valence-corrected chi connectivity index (χ1v) is 11.7. The molecule has 0 spiro atoms. The molecular weight excluding hydrogens is 440 g/mol. The Labute approximate surface area is 191 Å². The van der Waals surface area contributed by atoms with E-state index in [4.69, 9.17) is 10.8 Å². The number of nitrogens with one attached hydrogen (secondary N) is 3. The number of carboxylic acid groups (broad SMARTS) is 1. The van der Waals surface area contributed by atoms with Crippen molar-refractivity contribution >= 4 is 48.1 Å². The van der Waals surface area contributed by atoms with Gasteiger partial charge in [0.25, 0.3) is 0 Å². The lowest BCUT2D eigenvalue weighted by Crippen LogP contribution is -2.58. The normalized spacial score (nSPS) is 14.6. The maximum absolute atomic E-state index is 12.8. The van der Waals surface area contributed by atoms with Crippen LogP contribution >= 0.6 is 24.4 Å². The van der Waals surface area contributed by atoms with Crippen molar-refractivity contribution in [3.8, 4) is 0 Å². The van der Waals surface area contributed by atoms with Gasteiger partial charge in [0.1, 0.15) is 18.1 Å². The van der Waals surface area contributed by atoms with E-state index in [9.17, 15) is 19.2 Å². The molecule has 9 nitrogen and oxygen atoms in total. The van der Waals surface area contributed by atoms with Crippen molar-refractivity contribution in [2.75, 3.05) is 17.8 Å². The standard InChI is InChI=1S/C20H30N4O5S2/c1-12(20(28)29)22-18(26)15(10-13-6-4-3-5-7-13)23-19(27)16(11-30)24-17(25)14(21)8-9-31-2/h3-7,12,14-16,30H,8-11,21H2,1-2H3,(H,22,26)(H,23,27)(H,24,25)(H,28,29). The molecule has 0 aliphatic carbocycles. The summed E-state index contributed by atoms with van der Waals surface area (Å²) in [5, 5.41) is 16.6. The van der Waals surface area contributed by atoms with Crippen molar-refractivity contribution < 1.29 is 24.3 Å². The lowest BCUT2D eigenvalue weighted by molar-refractivity contribution is -0.141. The molecule has 0 saturated heterocycles. The van der Waals surface area contributed by atoms with Gasteiger partial charge in [-0.1, -0.05) is 30.3 Å². The predicted octanol–water partition coefficient (Wildman–Crippen LogP) is -0.202. The van der Waals surface area contributed by atoms with Crippen LogP contribution in [0.2, 0.25) is 0 Å². The predicted molar refractivity (Wildman–Crippen MR) is 124 cm³/mol. The lowest BCUT2D eigenvalue weighted by atomic mass is 10.0. The summed E-state index contributed by atoms with van der Waals surface area (Å²) in [4.78, 5) is 48.7. The highest BCUT2D eigenvalue weighted by Crippen LogP contribution is 2.05. The van der Waals surface area contributed by atoms with Gasteiger partial charge in [0.05, 0.1) is 6.04 Å². The van der Waals surface area contributed by atoms with E-state index in [0.717, 1.165) is 5.56 Å². The number of amides is 3. The second kappa shape index (κ2) is 13.9. The van der Waals surface area contributed by atoms with Gasteiger partial charge in [-0.2, -0.15) is 24.4 Å². The summed E-state index contributed by atoms with van der Waals surface area (Å²) in [6.07, 6.45) is 2.50. The molecule has 0 aromatic heterocycles. The molecule has 11 heteroatoms. The molecule has 3 amide bonds. The molecule has 0 fully saturated rings. The van der Waals surface area contributed by atoms with Crippen LogP contribution in [0, 0.1) is 0 Å². The van der Waals surface area contributed by atoms with E-state index in [0.29, 0.717) is 12.2 Å². The molecule has 1 rings (SSSR count). The third kappa shape index (κ3) is 9.62. The number of nitrogens with two attached hydrogens (primary N) is 1. The monoisotopic (exact) mass is 470 g/mol. The molecule has 4 atom stereocenters. The SMILES string of the molecule is CSCCC(N)C(=O)NC(CS)C(=O)NC(Cc1ccccc1)C(=O)NC(C)C(=O)O. The van der Waals surface area contributed by atoms with Gasteiger partial charge in [0.15, 0.2) is 0 Å². The van der Waals surface area contributed by atoms with Crippen molar-refractivity contribution in [1.29, 1.82) is 0 Å². The highest BCUT2D eigenvalue weighted by molar-refractivity contribution is 7.98. The minimum absolute atomic E-state index is 0.00196. The number of benzene rings is 1. The Balaban J connectivity index is 2.89. The Bertz CT molecular complexity index is 750. The van der Waals surface area contributed by atoms with Gasteiger partial charge >= 0.3 is 5.97 Å². The number of carboxylic acids is 1. The molecule has 0 aliphatic heterocycles. The second-order valence-electron chi connectivity index (χ2n) is 6.95. The molecule has 1 aromatic rings. The van der Waals surface area contributed by atoms with E-state index in [1.807, 2.05) is 12.3 Å². The van der Waals surface area contributed by atoms with E-state index < -0.39 is 47.9 Å². The second-order valence-corrected chi connectivity index (χ2v) is 8.30. The number of thiol groups is 1. The van der Waals surface area contributed by atoms with Crippen LogP contribution in [-0.2, 0) is 25.6 Å². The van der Waals surface area contributed by atoms with Gasteiger partial charge in [-0.05, 0) is 30.9 Å². The van der Waals surface area contributed by atoms with Crippen LogP contribution < -0.4 is 21.7 Å². The number of rotatable bonds is 13. The fourth-order valence-electron chi connectivity index (χ4n) is 2.56. The Morgan fingerprint density at radius 2 is 1.61 bits per heavy atom. The molecular formula is C20H30N4O5S2. The van der Waals surface area contributed by atoms with E-state index in [-0.39, 0.29) is 12.2 Å². The highest BCUT2D eigenvalue weighted by Gasteiger charge is 2.28. The molecule has 172 valence electrons. The number of carbonyl (C=O) groups excluding carboxylic acids is 3. The van der Waals surface area contributed by atoms with Crippen molar-refractivity contribution in [2.24, 2.45) is 5.73 Å². The van der Waals surface area contributed by atoms with Crippen LogP contribution in [0.4, 0.5) is 0 Å². The van der Waals surface area contributed by atoms with Crippen LogP contribution in [0.5, 0.6) is 0 Å². The first-order chi connectivity index (χ1) is 14.7. The minimum Gasteiger partial charge on any atom is -0.480 e. The van der Waals surface area contributed by atoms with E-state index in [2.05, 4.69) is 28.6 Å². The summed E-state index contributed by atoms with van der Waals surface area (Å²) in [6.45, 7) is 1.33. The van der Waals surface area contributed by atoms with Gasteiger partial charge in [0, 0.05) is 12.2 Å². The first kappa shape index (κ1) is 26.8. The van der Waals surface area contributed by atoms with Gasteiger partial charge in [-0.3, -0.25) is 19.2 Å². The number of hydrogen-bond acceptors (Lipinski definition) is 7. The van der Waals surface area contributed by atoms with E-state index in [1.54, 1.807) is 36.0 Å². The molecule has 1 aromatic carbocycles. The Morgan fingerprint density at radius 3 is 2.16 bits per heavy atom. The third-order valence-corrected chi connectivity index (χ3v) is 5.44. The fourth-order valence-corrected chi connectivity index (χ4v) is 3.30. The maximum atomic E-state index is 12.8. The highest BCUT2D eigenvalue weighted by atomic mass is 32.2. The van der Waals surface area contributed by atoms with Crippen molar-refractivity contribution in [1.82, 2.24) is 16.0 Å². The average molecular weight is 471 g/mol. The average Bonchev–Trinajstić information content (AvgIpc) is 2.75. The molecule has 31 heavy (non-hydrogen) atoms. The molecule has 6 N–H and O–H groups in total. The van der Waals surface area contributed by atoms with Crippen LogP contribution in [-0.4, -0.2) is 70.7 Å². The first-order valence-electron chi connectivity index (χ1n) is 9.72. The Kier molecular flexibility index (Phi) is 12.1. The summed E-state index contributed by atoms with van der Waals surface area (Å²) in [6, 6.07) is 5.04. The van der Waals surface area contributed by atoms with Crippen molar-refractivity contribution in [3.05, 3.63) is 35.9 Å². The zero-order valence-corrected chi connectivity index (χ0v) is 19.2. The maximum Gasteiger partial charge on any atom is 0.325 e. The largest absolute Gasteiger partial charge is 0.480 e. The number of aliphatic carboxylic acids is 1. The number of carbonyl (C=O) groups is 4. The van der Waals surface area contributed by atoms with E-state index in [1.165, 1.54) is 6.92 Å². The lowest BCUT2D eigenvalue weighted by Gasteiger charge is -2.24. The molecule has 0 radical (unpaired) electrons. The Morgan fingerprint density at radius 1 is 1.03 bits per heavy atom. The zero-order valence-electron chi connectivity index (χ0n) is 17.5. The number of thioether (sulfide) groups is 1. The molecule has 0 aliphatic rings. The summed E-state index contributed by atoms with van der Waals surface area (Å²) in [5.41, 5.74) is 6.61. The summed E-state index contributed by atoms with van der Waals surface area (Å²) < 4.78 is 0. The van der Waals surface area contributed by atoms with Crippen LogP contribution in [0.1, 0.15) is 18.9 Å². The summed E-state index contributed by atoms with van der Waals surface area (Å²) in [5.74, 6) is -2.23. The van der Waals surface area contributed by atoms with Crippen LogP contribution in [0.3, 0.4) is 0 Å². The summed E-state index contributed by atoms with van der Waals surface area (Å²) >= 11 is 5.68.